The van der Waals surface area contributed by atoms with Gasteiger partial charge in [-0.15, -0.1) is 10.2 Å². The van der Waals surface area contributed by atoms with E-state index in [1.54, 1.807) is 6.33 Å². The predicted molar refractivity (Wildman–Crippen MR) is 84.0 cm³/mol. The number of rotatable bonds is 5. The number of hydrogen-bond acceptors (Lipinski definition) is 4. The molecule has 1 amide bonds. The summed E-state index contributed by atoms with van der Waals surface area (Å²) in [7, 11) is 1.95. The molecule has 1 aromatic heterocycles. The molecule has 1 aliphatic heterocycles. The summed E-state index contributed by atoms with van der Waals surface area (Å²) in [6.45, 7) is 2.53. The number of hydrogen-bond donors (Lipinski definition) is 1. The Bertz CT molecular complexity index is 494. The van der Waals surface area contributed by atoms with Crippen LogP contribution in [-0.4, -0.2) is 44.7 Å². The summed E-state index contributed by atoms with van der Waals surface area (Å²) in [5.74, 6) is 1.81. The van der Waals surface area contributed by atoms with Crippen molar-refractivity contribution in [3.63, 3.8) is 0 Å². The third-order valence-corrected chi connectivity index (χ3v) is 5.11. The van der Waals surface area contributed by atoms with Crippen LogP contribution >= 0.6 is 0 Å². The van der Waals surface area contributed by atoms with Crippen molar-refractivity contribution < 1.29 is 4.79 Å². The van der Waals surface area contributed by atoms with Crippen LogP contribution in [0.25, 0.3) is 0 Å². The maximum atomic E-state index is 12.5. The molecule has 6 nitrogen and oxygen atoms in total. The van der Waals surface area contributed by atoms with Crippen LogP contribution < -0.4 is 5.32 Å². The monoisotopic (exact) mass is 305 g/mol. The molecule has 2 heterocycles. The number of aromatic nitrogens is 3. The van der Waals surface area contributed by atoms with E-state index in [-0.39, 0.29) is 11.9 Å². The zero-order chi connectivity index (χ0) is 15.4. The van der Waals surface area contributed by atoms with Gasteiger partial charge < -0.3 is 9.88 Å². The first-order valence-electron chi connectivity index (χ1n) is 8.58. The highest BCUT2D eigenvalue weighted by atomic mass is 16.2. The van der Waals surface area contributed by atoms with Crippen LogP contribution in [0.1, 0.15) is 50.8 Å². The van der Waals surface area contributed by atoms with Gasteiger partial charge in [0.1, 0.15) is 12.2 Å². The average molecular weight is 305 g/mol. The van der Waals surface area contributed by atoms with Crippen molar-refractivity contribution in [1.29, 1.82) is 0 Å². The first-order valence-corrected chi connectivity index (χ1v) is 8.58. The summed E-state index contributed by atoms with van der Waals surface area (Å²) in [5, 5.41) is 11.2. The maximum Gasteiger partial charge on any atom is 0.237 e. The van der Waals surface area contributed by atoms with Crippen molar-refractivity contribution in [1.82, 2.24) is 25.0 Å². The van der Waals surface area contributed by atoms with Gasteiger partial charge in [-0.05, 0) is 38.1 Å². The molecule has 122 valence electrons. The minimum absolute atomic E-state index is 0.000269. The quantitative estimate of drug-likeness (QED) is 0.895. The molecule has 1 atom stereocenters. The summed E-state index contributed by atoms with van der Waals surface area (Å²) in [4.78, 5) is 14.8. The van der Waals surface area contributed by atoms with Crippen LogP contribution in [0, 0.1) is 5.92 Å². The Hall–Kier alpha value is -1.43. The van der Waals surface area contributed by atoms with Gasteiger partial charge in [-0.25, -0.2) is 0 Å². The van der Waals surface area contributed by atoms with Gasteiger partial charge in [0.05, 0.1) is 12.6 Å². The highest BCUT2D eigenvalue weighted by Crippen LogP contribution is 2.23. The Morgan fingerprint density at radius 3 is 2.82 bits per heavy atom. The van der Waals surface area contributed by atoms with E-state index >= 15 is 0 Å². The standard InChI is InChI=1S/C16H27N5O/c1-20-12-18-19-15(20)11-21-9-5-8-14(21)16(22)17-10-13-6-3-2-4-7-13/h12-14H,2-11H2,1H3,(H,17,22)/t14-/m0/s1. The second-order valence-electron chi connectivity index (χ2n) is 6.74. The van der Waals surface area contributed by atoms with E-state index in [1.165, 1.54) is 32.1 Å². The van der Waals surface area contributed by atoms with Crippen LogP contribution in [0.5, 0.6) is 0 Å². The van der Waals surface area contributed by atoms with E-state index < -0.39 is 0 Å². The van der Waals surface area contributed by atoms with E-state index in [0.717, 1.165) is 31.8 Å². The first kappa shape index (κ1) is 15.5. The Labute approximate surface area is 132 Å². The maximum absolute atomic E-state index is 12.5. The summed E-state index contributed by atoms with van der Waals surface area (Å²) in [5.41, 5.74) is 0. The average Bonchev–Trinajstić information content (AvgIpc) is 3.16. The van der Waals surface area contributed by atoms with E-state index in [9.17, 15) is 4.79 Å². The molecular formula is C16H27N5O. The fourth-order valence-corrected chi connectivity index (χ4v) is 3.70. The van der Waals surface area contributed by atoms with E-state index in [2.05, 4.69) is 20.4 Å². The summed E-state index contributed by atoms with van der Waals surface area (Å²) in [6.07, 6.45) is 10.3. The largest absolute Gasteiger partial charge is 0.354 e. The molecule has 6 heteroatoms. The van der Waals surface area contributed by atoms with Gasteiger partial charge in [0.15, 0.2) is 0 Å². The van der Waals surface area contributed by atoms with E-state index in [0.29, 0.717) is 12.5 Å². The van der Waals surface area contributed by atoms with E-state index in [1.807, 2.05) is 11.6 Å². The summed E-state index contributed by atoms with van der Waals surface area (Å²) < 4.78 is 1.93. The highest BCUT2D eigenvalue weighted by Gasteiger charge is 2.31. The topological polar surface area (TPSA) is 63.1 Å². The molecule has 0 aromatic carbocycles. The van der Waals surface area contributed by atoms with Gasteiger partial charge in [0, 0.05) is 13.6 Å². The lowest BCUT2D eigenvalue weighted by Crippen LogP contribution is -2.44. The Balaban J connectivity index is 1.51. The minimum atomic E-state index is 0.000269. The number of likely N-dealkylation sites (tertiary alicyclic amines) is 1. The highest BCUT2D eigenvalue weighted by molar-refractivity contribution is 5.82. The fraction of sp³-hybridized carbons (Fsp3) is 0.812. The van der Waals surface area contributed by atoms with Crippen molar-refractivity contribution in [2.45, 2.75) is 57.5 Å². The van der Waals surface area contributed by atoms with Gasteiger partial charge >= 0.3 is 0 Å². The number of carbonyl (C=O) groups is 1. The van der Waals surface area contributed by atoms with Crippen LogP contribution in [-0.2, 0) is 18.4 Å². The number of nitrogens with one attached hydrogen (secondary N) is 1. The van der Waals surface area contributed by atoms with Gasteiger partial charge in [0.25, 0.3) is 0 Å². The predicted octanol–water partition coefficient (Wildman–Crippen LogP) is 1.48. The lowest BCUT2D eigenvalue weighted by Gasteiger charge is -2.26. The van der Waals surface area contributed by atoms with Crippen molar-refractivity contribution in [2.75, 3.05) is 13.1 Å². The van der Waals surface area contributed by atoms with Crippen LogP contribution in [0.4, 0.5) is 0 Å². The van der Waals surface area contributed by atoms with Crippen molar-refractivity contribution >= 4 is 5.91 Å². The minimum Gasteiger partial charge on any atom is -0.354 e. The van der Waals surface area contributed by atoms with Crippen LogP contribution in [0.15, 0.2) is 6.33 Å². The third kappa shape index (κ3) is 3.66. The number of amides is 1. The van der Waals surface area contributed by atoms with Crippen LogP contribution in [0.3, 0.4) is 0 Å². The molecule has 1 saturated heterocycles. The number of nitrogens with zero attached hydrogens (tertiary/aromatic N) is 4. The van der Waals surface area contributed by atoms with Gasteiger partial charge in [-0.3, -0.25) is 9.69 Å². The van der Waals surface area contributed by atoms with E-state index in [4.69, 9.17) is 0 Å². The van der Waals surface area contributed by atoms with Gasteiger partial charge in [-0.1, -0.05) is 19.3 Å². The summed E-state index contributed by atoms with van der Waals surface area (Å²) in [6, 6.07) is 0.000269. The van der Waals surface area contributed by atoms with Gasteiger partial charge in [0.2, 0.25) is 5.91 Å². The molecule has 1 aromatic rings. The molecule has 0 unspecified atom stereocenters. The molecule has 1 aliphatic carbocycles. The fourth-order valence-electron chi connectivity index (χ4n) is 3.70. The molecule has 3 rings (SSSR count). The molecular weight excluding hydrogens is 278 g/mol. The Morgan fingerprint density at radius 1 is 1.27 bits per heavy atom. The SMILES string of the molecule is Cn1cnnc1CN1CCC[C@H]1C(=O)NCC1CCCCC1. The molecule has 2 aliphatic rings. The second-order valence-corrected chi connectivity index (χ2v) is 6.74. The number of aryl methyl sites for hydroxylation is 1. The Morgan fingerprint density at radius 2 is 2.09 bits per heavy atom. The zero-order valence-electron chi connectivity index (χ0n) is 13.5. The zero-order valence-corrected chi connectivity index (χ0v) is 13.5. The molecule has 1 saturated carbocycles. The van der Waals surface area contributed by atoms with Crippen molar-refractivity contribution in [3.05, 3.63) is 12.2 Å². The van der Waals surface area contributed by atoms with Crippen molar-refractivity contribution in [3.8, 4) is 0 Å². The number of carbonyl (C=O) groups excluding carboxylic acids is 1. The van der Waals surface area contributed by atoms with Gasteiger partial charge in [-0.2, -0.15) is 0 Å². The Kier molecular flexibility index (Phi) is 5.08. The third-order valence-electron chi connectivity index (χ3n) is 5.11. The molecule has 0 spiro atoms. The lowest BCUT2D eigenvalue weighted by atomic mass is 9.89. The molecule has 22 heavy (non-hydrogen) atoms. The molecule has 2 fully saturated rings. The first-order chi connectivity index (χ1) is 10.7. The van der Waals surface area contributed by atoms with Crippen LogP contribution in [0.2, 0.25) is 0 Å². The smallest absolute Gasteiger partial charge is 0.237 e. The molecule has 1 N–H and O–H groups in total. The second kappa shape index (κ2) is 7.22. The normalized spacial score (nSPS) is 23.8. The molecule has 0 radical (unpaired) electrons. The summed E-state index contributed by atoms with van der Waals surface area (Å²) >= 11 is 0. The van der Waals surface area contributed by atoms with Crippen molar-refractivity contribution in [2.24, 2.45) is 13.0 Å². The lowest BCUT2D eigenvalue weighted by molar-refractivity contribution is -0.125. The molecule has 0 bridgehead atoms.